The third-order valence-electron chi connectivity index (χ3n) is 4.77. The van der Waals surface area contributed by atoms with Crippen molar-refractivity contribution in [3.8, 4) is 11.3 Å². The molecule has 6 heteroatoms. The molecule has 0 saturated heterocycles. The van der Waals surface area contributed by atoms with Crippen molar-refractivity contribution in [3.05, 3.63) is 95.8 Å². The summed E-state index contributed by atoms with van der Waals surface area (Å²) in [5.41, 5.74) is 3.10. The molecule has 29 heavy (non-hydrogen) atoms. The second kappa shape index (κ2) is 8.56. The summed E-state index contributed by atoms with van der Waals surface area (Å²) in [5.74, 6) is 1.25. The highest BCUT2D eigenvalue weighted by molar-refractivity contribution is 6.00. The van der Waals surface area contributed by atoms with Crippen molar-refractivity contribution in [2.75, 3.05) is 6.54 Å². The van der Waals surface area contributed by atoms with E-state index in [1.54, 1.807) is 13.1 Å². The highest BCUT2D eigenvalue weighted by Gasteiger charge is 2.21. The molecule has 0 aliphatic heterocycles. The van der Waals surface area contributed by atoms with Gasteiger partial charge in [0.1, 0.15) is 22.8 Å². The number of benzene rings is 2. The molecule has 0 unspecified atom stereocenters. The number of imidazole rings is 1. The number of amides is 1. The summed E-state index contributed by atoms with van der Waals surface area (Å²) < 4.78 is 7.38. The van der Waals surface area contributed by atoms with Crippen molar-refractivity contribution < 1.29 is 9.32 Å². The van der Waals surface area contributed by atoms with E-state index < -0.39 is 0 Å². The Hall–Kier alpha value is -3.67. The fourth-order valence-corrected chi connectivity index (χ4v) is 3.30. The average Bonchev–Trinajstić information content (AvgIpc) is 3.35. The van der Waals surface area contributed by atoms with E-state index in [1.165, 1.54) is 5.56 Å². The molecule has 0 fully saturated rings. The van der Waals surface area contributed by atoms with Gasteiger partial charge in [0, 0.05) is 37.5 Å². The molecule has 6 nitrogen and oxygen atoms in total. The van der Waals surface area contributed by atoms with Crippen LogP contribution in [0.1, 0.15) is 27.5 Å². The minimum Gasteiger partial charge on any atom is -0.360 e. The Bertz CT molecular complexity index is 1080. The number of hydrogen-bond donors (Lipinski definition) is 1. The molecule has 0 aliphatic carbocycles. The van der Waals surface area contributed by atoms with Crippen molar-refractivity contribution >= 4 is 5.91 Å². The van der Waals surface area contributed by atoms with Crippen molar-refractivity contribution in [2.45, 2.75) is 19.9 Å². The van der Waals surface area contributed by atoms with E-state index in [-0.39, 0.29) is 5.91 Å². The van der Waals surface area contributed by atoms with Crippen LogP contribution in [0.5, 0.6) is 0 Å². The van der Waals surface area contributed by atoms with Crippen molar-refractivity contribution in [2.24, 2.45) is 0 Å². The zero-order valence-electron chi connectivity index (χ0n) is 16.2. The minimum absolute atomic E-state index is 0.191. The van der Waals surface area contributed by atoms with Gasteiger partial charge in [0.05, 0.1) is 0 Å². The summed E-state index contributed by atoms with van der Waals surface area (Å²) in [5, 5.41) is 7.05. The lowest BCUT2D eigenvalue weighted by molar-refractivity contribution is 0.0953. The molecule has 0 atom stereocenters. The van der Waals surface area contributed by atoms with E-state index in [9.17, 15) is 4.79 Å². The first kappa shape index (κ1) is 18.7. The Morgan fingerprint density at radius 1 is 1.07 bits per heavy atom. The highest BCUT2D eigenvalue weighted by atomic mass is 16.5. The molecule has 0 radical (unpaired) electrons. The first-order valence-corrected chi connectivity index (χ1v) is 9.56. The molecule has 4 aromatic rings. The van der Waals surface area contributed by atoms with Crippen LogP contribution in [-0.2, 0) is 13.0 Å². The molecule has 4 rings (SSSR count). The fraction of sp³-hybridized carbons (Fsp3) is 0.174. The second-order valence-corrected chi connectivity index (χ2v) is 6.79. The van der Waals surface area contributed by atoms with Gasteiger partial charge in [-0.25, -0.2) is 4.98 Å². The number of nitrogens with zero attached hydrogens (tertiary/aromatic N) is 3. The fourth-order valence-electron chi connectivity index (χ4n) is 3.30. The van der Waals surface area contributed by atoms with E-state index >= 15 is 0 Å². The van der Waals surface area contributed by atoms with E-state index in [0.717, 1.165) is 17.9 Å². The molecule has 0 spiro atoms. The number of aryl methyl sites for hydroxylation is 1. The summed E-state index contributed by atoms with van der Waals surface area (Å²) in [6.45, 7) is 2.98. The molecule has 1 N–H and O–H groups in total. The lowest BCUT2D eigenvalue weighted by Gasteiger charge is -2.09. The number of hydrogen-bond acceptors (Lipinski definition) is 4. The first-order chi connectivity index (χ1) is 14.2. The predicted octanol–water partition coefficient (Wildman–Crippen LogP) is 3.87. The van der Waals surface area contributed by atoms with Gasteiger partial charge >= 0.3 is 0 Å². The van der Waals surface area contributed by atoms with Gasteiger partial charge < -0.3 is 14.4 Å². The Balaban J connectivity index is 1.41. The van der Waals surface area contributed by atoms with Gasteiger partial charge in [0.15, 0.2) is 0 Å². The number of carbonyl (C=O) groups excluding carboxylic acids is 1. The number of aromatic nitrogens is 3. The molecular weight excluding hydrogens is 364 g/mol. The highest BCUT2D eigenvalue weighted by Crippen LogP contribution is 2.24. The molecule has 2 heterocycles. The summed E-state index contributed by atoms with van der Waals surface area (Å²) in [6, 6.07) is 19.8. The van der Waals surface area contributed by atoms with Gasteiger partial charge in [-0.1, -0.05) is 65.8 Å². The SMILES string of the molecule is Cc1onc(-c2ccccc2)c1C(=O)NCCc1nccn1Cc1ccccc1. The van der Waals surface area contributed by atoms with E-state index in [4.69, 9.17) is 4.52 Å². The molecule has 146 valence electrons. The number of carbonyl (C=O) groups is 1. The molecule has 2 aromatic heterocycles. The third-order valence-corrected chi connectivity index (χ3v) is 4.77. The van der Waals surface area contributed by atoms with E-state index in [2.05, 4.69) is 32.2 Å². The van der Waals surface area contributed by atoms with Crippen molar-refractivity contribution in [1.29, 1.82) is 0 Å². The monoisotopic (exact) mass is 386 g/mol. The van der Waals surface area contributed by atoms with E-state index in [0.29, 0.717) is 30.0 Å². The second-order valence-electron chi connectivity index (χ2n) is 6.79. The molecule has 0 aliphatic rings. The van der Waals surface area contributed by atoms with Gasteiger partial charge in [-0.2, -0.15) is 0 Å². The van der Waals surface area contributed by atoms with Gasteiger partial charge in [-0.15, -0.1) is 0 Å². The quantitative estimate of drug-likeness (QED) is 0.523. The maximum Gasteiger partial charge on any atom is 0.257 e. The van der Waals surface area contributed by atoms with Gasteiger partial charge in [0.2, 0.25) is 0 Å². The molecule has 1 amide bonds. The predicted molar refractivity (Wildman–Crippen MR) is 110 cm³/mol. The van der Waals surface area contributed by atoms with Crippen LogP contribution in [0.3, 0.4) is 0 Å². The number of nitrogens with one attached hydrogen (secondary N) is 1. The van der Waals surface area contributed by atoms with Crippen molar-refractivity contribution in [1.82, 2.24) is 20.0 Å². The van der Waals surface area contributed by atoms with Crippen LogP contribution in [0.2, 0.25) is 0 Å². The lowest BCUT2D eigenvalue weighted by atomic mass is 10.1. The molecular formula is C23H22N4O2. The summed E-state index contributed by atoms with van der Waals surface area (Å²) in [6.07, 6.45) is 4.39. The molecule has 2 aromatic carbocycles. The Morgan fingerprint density at radius 3 is 2.55 bits per heavy atom. The normalized spacial score (nSPS) is 10.8. The zero-order chi connectivity index (χ0) is 20.1. The summed E-state index contributed by atoms with van der Waals surface area (Å²) in [7, 11) is 0. The third kappa shape index (κ3) is 4.27. The molecule has 0 bridgehead atoms. The minimum atomic E-state index is -0.191. The Morgan fingerprint density at radius 2 is 1.79 bits per heavy atom. The van der Waals surface area contributed by atoms with Gasteiger partial charge in [-0.3, -0.25) is 4.79 Å². The van der Waals surface area contributed by atoms with Gasteiger partial charge in [-0.05, 0) is 12.5 Å². The average molecular weight is 386 g/mol. The Kier molecular flexibility index (Phi) is 5.52. The smallest absolute Gasteiger partial charge is 0.257 e. The molecule has 0 saturated carbocycles. The van der Waals surface area contributed by atoms with Crippen LogP contribution in [0.25, 0.3) is 11.3 Å². The summed E-state index contributed by atoms with van der Waals surface area (Å²) >= 11 is 0. The van der Waals surface area contributed by atoms with Crippen LogP contribution >= 0.6 is 0 Å². The summed E-state index contributed by atoms with van der Waals surface area (Å²) in [4.78, 5) is 17.2. The van der Waals surface area contributed by atoms with E-state index in [1.807, 2.05) is 54.7 Å². The van der Waals surface area contributed by atoms with Crippen LogP contribution in [0.4, 0.5) is 0 Å². The van der Waals surface area contributed by atoms with Crippen LogP contribution in [0.15, 0.2) is 77.6 Å². The lowest BCUT2D eigenvalue weighted by Crippen LogP contribution is -2.27. The Labute approximate surface area is 169 Å². The van der Waals surface area contributed by atoms with Crippen LogP contribution in [-0.4, -0.2) is 27.2 Å². The largest absolute Gasteiger partial charge is 0.360 e. The first-order valence-electron chi connectivity index (χ1n) is 9.56. The van der Waals surface area contributed by atoms with Crippen molar-refractivity contribution in [3.63, 3.8) is 0 Å². The maximum absolute atomic E-state index is 12.8. The zero-order valence-corrected chi connectivity index (χ0v) is 16.2. The standard InChI is InChI=1S/C23H22N4O2/c1-17-21(22(26-29-17)19-10-6-3-7-11-19)23(28)25-13-12-20-24-14-15-27(20)16-18-8-4-2-5-9-18/h2-11,14-15H,12-13,16H2,1H3,(H,25,28). The number of rotatable bonds is 7. The topological polar surface area (TPSA) is 73.0 Å². The van der Waals surface area contributed by atoms with Crippen LogP contribution < -0.4 is 5.32 Å². The van der Waals surface area contributed by atoms with Gasteiger partial charge in [0.25, 0.3) is 5.91 Å². The maximum atomic E-state index is 12.8. The van der Waals surface area contributed by atoms with Crippen LogP contribution in [0, 0.1) is 6.92 Å².